The first-order valence-electron chi connectivity index (χ1n) is 7.24. The first-order chi connectivity index (χ1) is 10.8. The molecule has 0 radical (unpaired) electrons. The number of carbonyl (C=O) groups excluding carboxylic acids is 2. The molecule has 0 saturated carbocycles. The highest BCUT2D eigenvalue weighted by atomic mass is 35.5. The molecular weight excluding hydrogens is 347 g/mol. The van der Waals surface area contributed by atoms with E-state index in [2.05, 4.69) is 10.6 Å². The highest BCUT2D eigenvalue weighted by Crippen LogP contribution is 2.31. The topological polar surface area (TPSA) is 61.4 Å². The van der Waals surface area contributed by atoms with Crippen LogP contribution < -0.4 is 10.6 Å². The molecular formula is C15H19ClF3N3O2. The summed E-state index contributed by atoms with van der Waals surface area (Å²) in [4.78, 5) is 25.6. The van der Waals surface area contributed by atoms with E-state index in [0.717, 1.165) is 12.1 Å². The molecule has 134 valence electrons. The minimum absolute atomic E-state index is 0. The molecule has 1 aliphatic rings. The van der Waals surface area contributed by atoms with Gasteiger partial charge in [-0.05, 0) is 19.1 Å². The van der Waals surface area contributed by atoms with Gasteiger partial charge in [-0.25, -0.2) is 0 Å². The number of hydrogen-bond donors (Lipinski definition) is 2. The lowest BCUT2D eigenvalue weighted by atomic mass is 10.1. The predicted molar refractivity (Wildman–Crippen MR) is 85.1 cm³/mol. The second kappa shape index (κ2) is 8.34. The van der Waals surface area contributed by atoms with E-state index in [1.807, 2.05) is 6.92 Å². The van der Waals surface area contributed by atoms with Crippen molar-refractivity contribution >= 4 is 24.2 Å². The van der Waals surface area contributed by atoms with Gasteiger partial charge >= 0.3 is 6.18 Å². The lowest BCUT2D eigenvalue weighted by Gasteiger charge is -2.32. The van der Waals surface area contributed by atoms with Crippen molar-refractivity contribution in [1.82, 2.24) is 15.5 Å². The summed E-state index contributed by atoms with van der Waals surface area (Å²) in [6, 6.07) is 4.65. The summed E-state index contributed by atoms with van der Waals surface area (Å²) >= 11 is 0. The maximum Gasteiger partial charge on any atom is 0.417 e. The quantitative estimate of drug-likeness (QED) is 0.856. The monoisotopic (exact) mass is 365 g/mol. The third-order valence-electron chi connectivity index (χ3n) is 3.60. The van der Waals surface area contributed by atoms with Gasteiger partial charge < -0.3 is 15.5 Å². The number of halogens is 4. The van der Waals surface area contributed by atoms with Gasteiger partial charge in [-0.15, -0.1) is 12.4 Å². The van der Waals surface area contributed by atoms with Crippen molar-refractivity contribution in [1.29, 1.82) is 0 Å². The second-order valence-corrected chi connectivity index (χ2v) is 5.42. The Balaban J connectivity index is 0.00000288. The van der Waals surface area contributed by atoms with Crippen LogP contribution in [0.3, 0.4) is 0 Å². The minimum atomic E-state index is -4.62. The molecule has 1 aromatic rings. The van der Waals surface area contributed by atoms with E-state index >= 15 is 0 Å². The summed E-state index contributed by atoms with van der Waals surface area (Å²) < 4.78 is 38.6. The predicted octanol–water partition coefficient (Wildman–Crippen LogP) is 1.68. The van der Waals surface area contributed by atoms with Crippen LogP contribution in [-0.4, -0.2) is 48.9 Å². The summed E-state index contributed by atoms with van der Waals surface area (Å²) in [6.07, 6.45) is -4.62. The van der Waals surface area contributed by atoms with Crippen LogP contribution in [-0.2, 0) is 11.0 Å². The van der Waals surface area contributed by atoms with Gasteiger partial charge in [0, 0.05) is 25.7 Å². The van der Waals surface area contributed by atoms with E-state index < -0.39 is 23.2 Å². The molecule has 0 spiro atoms. The van der Waals surface area contributed by atoms with Gasteiger partial charge in [-0.2, -0.15) is 13.2 Å². The van der Waals surface area contributed by atoms with Crippen LogP contribution in [0.15, 0.2) is 24.3 Å². The first kappa shape index (κ1) is 20.2. The molecule has 1 saturated heterocycles. The fraction of sp³-hybridized carbons (Fsp3) is 0.467. The number of benzene rings is 1. The zero-order valence-electron chi connectivity index (χ0n) is 13.0. The van der Waals surface area contributed by atoms with Crippen LogP contribution in [0.1, 0.15) is 22.8 Å². The number of alkyl halides is 3. The molecule has 2 rings (SSSR count). The van der Waals surface area contributed by atoms with E-state index in [0.29, 0.717) is 19.6 Å². The summed E-state index contributed by atoms with van der Waals surface area (Å²) in [5.74, 6) is -1.22. The summed E-state index contributed by atoms with van der Waals surface area (Å²) in [5.41, 5.74) is -1.50. The van der Waals surface area contributed by atoms with Crippen molar-refractivity contribution < 1.29 is 22.8 Å². The van der Waals surface area contributed by atoms with E-state index in [-0.39, 0.29) is 30.9 Å². The average molecular weight is 366 g/mol. The van der Waals surface area contributed by atoms with E-state index in [1.54, 1.807) is 4.90 Å². The Kier molecular flexibility index (Phi) is 7.04. The molecule has 2 amide bonds. The number of hydrogen-bond acceptors (Lipinski definition) is 3. The molecule has 1 heterocycles. The Hall–Kier alpha value is -1.80. The van der Waals surface area contributed by atoms with Crippen LogP contribution in [0.25, 0.3) is 0 Å². The SMILES string of the molecule is CC1CN(C(=O)CNC(=O)c2ccccc2C(F)(F)F)CCN1.Cl. The van der Waals surface area contributed by atoms with Gasteiger partial charge in [0.2, 0.25) is 5.91 Å². The smallest absolute Gasteiger partial charge is 0.343 e. The maximum atomic E-state index is 12.9. The van der Waals surface area contributed by atoms with Crippen LogP contribution in [0, 0.1) is 0 Å². The third-order valence-corrected chi connectivity index (χ3v) is 3.60. The zero-order chi connectivity index (χ0) is 17.0. The van der Waals surface area contributed by atoms with Crippen molar-refractivity contribution in [2.24, 2.45) is 0 Å². The van der Waals surface area contributed by atoms with Crippen LogP contribution in [0.2, 0.25) is 0 Å². The lowest BCUT2D eigenvalue weighted by Crippen LogP contribution is -2.53. The van der Waals surface area contributed by atoms with Crippen LogP contribution in [0.5, 0.6) is 0 Å². The molecule has 24 heavy (non-hydrogen) atoms. The number of carbonyl (C=O) groups is 2. The molecule has 1 fully saturated rings. The van der Waals surface area contributed by atoms with Gasteiger partial charge in [0.1, 0.15) is 0 Å². The van der Waals surface area contributed by atoms with Crippen LogP contribution in [0.4, 0.5) is 13.2 Å². The summed E-state index contributed by atoms with van der Waals surface area (Å²) in [7, 11) is 0. The summed E-state index contributed by atoms with van der Waals surface area (Å²) in [5, 5.41) is 5.45. The Labute approximate surface area is 144 Å². The number of nitrogens with one attached hydrogen (secondary N) is 2. The van der Waals surface area contributed by atoms with Gasteiger partial charge in [0.15, 0.2) is 0 Å². The second-order valence-electron chi connectivity index (χ2n) is 5.42. The molecule has 2 N–H and O–H groups in total. The van der Waals surface area contributed by atoms with E-state index in [9.17, 15) is 22.8 Å². The molecule has 0 aromatic heterocycles. The summed E-state index contributed by atoms with van der Waals surface area (Å²) in [6.45, 7) is 3.28. The van der Waals surface area contributed by atoms with Crippen molar-refractivity contribution in [3.63, 3.8) is 0 Å². The van der Waals surface area contributed by atoms with Gasteiger partial charge in [-0.1, -0.05) is 12.1 Å². The fourth-order valence-corrected chi connectivity index (χ4v) is 2.45. The highest BCUT2D eigenvalue weighted by Gasteiger charge is 2.35. The number of nitrogens with zero attached hydrogens (tertiary/aromatic N) is 1. The molecule has 0 bridgehead atoms. The average Bonchev–Trinajstić information content (AvgIpc) is 2.51. The molecule has 9 heteroatoms. The molecule has 0 aliphatic carbocycles. The third kappa shape index (κ3) is 5.10. The molecule has 1 aromatic carbocycles. The van der Waals surface area contributed by atoms with E-state index in [1.165, 1.54) is 12.1 Å². The van der Waals surface area contributed by atoms with Gasteiger partial charge in [0.25, 0.3) is 5.91 Å². The Bertz CT molecular complexity index is 596. The van der Waals surface area contributed by atoms with Crippen molar-refractivity contribution in [3.8, 4) is 0 Å². The van der Waals surface area contributed by atoms with Crippen LogP contribution >= 0.6 is 12.4 Å². The number of rotatable bonds is 3. The normalized spacial score (nSPS) is 17.8. The Morgan fingerprint density at radius 1 is 1.33 bits per heavy atom. The highest BCUT2D eigenvalue weighted by molar-refractivity contribution is 5.97. The first-order valence-corrected chi connectivity index (χ1v) is 7.24. The largest absolute Gasteiger partial charge is 0.417 e. The standard InChI is InChI=1S/C15H18F3N3O2.ClH/c1-10-9-21(7-6-19-10)13(22)8-20-14(23)11-4-2-3-5-12(11)15(16,17)18;/h2-5,10,19H,6-9H2,1H3,(H,20,23);1H. The van der Waals surface area contributed by atoms with Crippen molar-refractivity contribution in [2.75, 3.05) is 26.2 Å². The van der Waals surface area contributed by atoms with Gasteiger partial charge in [-0.3, -0.25) is 9.59 Å². The Morgan fingerprint density at radius 2 is 2.00 bits per heavy atom. The molecule has 1 atom stereocenters. The Morgan fingerprint density at radius 3 is 2.62 bits per heavy atom. The van der Waals surface area contributed by atoms with E-state index in [4.69, 9.17) is 0 Å². The van der Waals surface area contributed by atoms with Crippen molar-refractivity contribution in [3.05, 3.63) is 35.4 Å². The minimum Gasteiger partial charge on any atom is -0.343 e. The van der Waals surface area contributed by atoms with Crippen molar-refractivity contribution in [2.45, 2.75) is 19.1 Å². The molecule has 1 unspecified atom stereocenters. The number of piperazine rings is 1. The maximum absolute atomic E-state index is 12.9. The fourth-order valence-electron chi connectivity index (χ4n) is 2.45. The zero-order valence-corrected chi connectivity index (χ0v) is 13.8. The lowest BCUT2D eigenvalue weighted by molar-refractivity contribution is -0.137. The molecule has 5 nitrogen and oxygen atoms in total. The molecule has 1 aliphatic heterocycles. The number of amides is 2. The van der Waals surface area contributed by atoms with Gasteiger partial charge in [0.05, 0.1) is 17.7 Å².